The Morgan fingerprint density at radius 3 is 2.85 bits per heavy atom. The fourth-order valence-corrected chi connectivity index (χ4v) is 2.58. The van der Waals surface area contributed by atoms with Crippen LogP contribution in [-0.2, 0) is 16.1 Å². The van der Waals surface area contributed by atoms with Crippen LogP contribution >= 0.6 is 15.9 Å². The molecule has 1 aliphatic rings. The molecule has 6 heteroatoms. The molecule has 1 aromatic carbocycles. The molecule has 1 heterocycles. The van der Waals surface area contributed by atoms with Crippen molar-refractivity contribution in [2.75, 3.05) is 19.8 Å². The number of halogens is 1. The Hall–Kier alpha value is -1.11. The van der Waals surface area contributed by atoms with Crippen molar-refractivity contribution in [3.8, 4) is 5.75 Å². The summed E-state index contributed by atoms with van der Waals surface area (Å²) in [6.07, 6.45) is 1.72. The van der Waals surface area contributed by atoms with Crippen LogP contribution in [0.2, 0.25) is 0 Å². The van der Waals surface area contributed by atoms with E-state index in [4.69, 9.17) is 15.2 Å². The molecule has 5 nitrogen and oxygen atoms in total. The Bertz CT molecular complexity index is 462. The summed E-state index contributed by atoms with van der Waals surface area (Å²) in [7, 11) is 0. The zero-order valence-corrected chi connectivity index (χ0v) is 12.8. The third-order valence-corrected chi connectivity index (χ3v) is 3.80. The number of hydrogen-bond donors (Lipinski definition) is 2. The first kappa shape index (κ1) is 15.3. The highest BCUT2D eigenvalue weighted by atomic mass is 79.9. The van der Waals surface area contributed by atoms with Gasteiger partial charge in [-0.2, -0.15) is 0 Å². The third kappa shape index (κ3) is 4.47. The van der Waals surface area contributed by atoms with E-state index in [0.717, 1.165) is 22.9 Å². The van der Waals surface area contributed by atoms with Gasteiger partial charge in [0.05, 0.1) is 4.47 Å². The average Bonchev–Trinajstić information content (AvgIpc) is 2.47. The van der Waals surface area contributed by atoms with Crippen molar-refractivity contribution in [2.24, 2.45) is 5.73 Å². The molecule has 0 aliphatic carbocycles. The molecule has 0 unspecified atom stereocenters. The molecule has 110 valence electrons. The molecule has 2 rings (SSSR count). The van der Waals surface area contributed by atoms with Crippen molar-refractivity contribution in [2.45, 2.75) is 25.4 Å². The summed E-state index contributed by atoms with van der Waals surface area (Å²) in [5.41, 5.74) is 6.57. The summed E-state index contributed by atoms with van der Waals surface area (Å²) < 4.78 is 11.6. The molecule has 1 amide bonds. The highest BCUT2D eigenvalue weighted by molar-refractivity contribution is 9.10. The number of nitrogens with two attached hydrogens (primary N) is 1. The van der Waals surface area contributed by atoms with E-state index in [9.17, 15) is 4.79 Å². The highest BCUT2D eigenvalue weighted by Gasteiger charge is 2.16. The average molecular weight is 343 g/mol. The Balaban J connectivity index is 1.80. The van der Waals surface area contributed by atoms with Gasteiger partial charge in [-0.15, -0.1) is 0 Å². The van der Waals surface area contributed by atoms with Gasteiger partial charge < -0.3 is 20.5 Å². The summed E-state index contributed by atoms with van der Waals surface area (Å²) in [6.45, 7) is 1.90. The van der Waals surface area contributed by atoms with Gasteiger partial charge in [-0.05, 0) is 46.5 Å². The summed E-state index contributed by atoms with van der Waals surface area (Å²) in [5.74, 6) is 0.538. The van der Waals surface area contributed by atoms with Crippen LogP contribution in [0.1, 0.15) is 18.4 Å². The summed E-state index contributed by atoms with van der Waals surface area (Å²) >= 11 is 3.41. The standard InChI is InChI=1S/C14H19BrN2O3/c15-12-7-10(8-16)1-2-13(12)20-9-14(18)17-11-3-5-19-6-4-11/h1-2,7,11H,3-6,8-9,16H2,(H,17,18). The van der Waals surface area contributed by atoms with Crippen LogP contribution in [0.3, 0.4) is 0 Å². The maximum Gasteiger partial charge on any atom is 0.258 e. The Morgan fingerprint density at radius 2 is 2.20 bits per heavy atom. The minimum atomic E-state index is -0.105. The number of rotatable bonds is 5. The maximum atomic E-state index is 11.8. The number of ether oxygens (including phenoxy) is 2. The summed E-state index contributed by atoms with van der Waals surface area (Å²) in [4.78, 5) is 11.8. The molecule has 20 heavy (non-hydrogen) atoms. The maximum absolute atomic E-state index is 11.8. The minimum absolute atomic E-state index is 0.0118. The minimum Gasteiger partial charge on any atom is -0.483 e. The SMILES string of the molecule is NCc1ccc(OCC(=O)NC2CCOCC2)c(Br)c1. The molecule has 0 atom stereocenters. The van der Waals surface area contributed by atoms with Gasteiger partial charge in [0.1, 0.15) is 5.75 Å². The van der Waals surface area contributed by atoms with E-state index in [1.807, 2.05) is 18.2 Å². The molecule has 0 spiro atoms. The van der Waals surface area contributed by atoms with Crippen molar-refractivity contribution in [3.63, 3.8) is 0 Å². The lowest BCUT2D eigenvalue weighted by atomic mass is 10.1. The topological polar surface area (TPSA) is 73.6 Å². The molecule has 1 aromatic rings. The summed E-state index contributed by atoms with van der Waals surface area (Å²) in [5, 5.41) is 2.95. The molecule has 1 fully saturated rings. The van der Waals surface area contributed by atoms with Gasteiger partial charge in [-0.25, -0.2) is 0 Å². The van der Waals surface area contributed by atoms with Crippen molar-refractivity contribution < 1.29 is 14.3 Å². The van der Waals surface area contributed by atoms with Crippen LogP contribution in [0, 0.1) is 0 Å². The van der Waals surface area contributed by atoms with E-state index < -0.39 is 0 Å². The van der Waals surface area contributed by atoms with Crippen LogP contribution in [0.4, 0.5) is 0 Å². The second-order valence-electron chi connectivity index (χ2n) is 4.71. The monoisotopic (exact) mass is 342 g/mol. The molecule has 1 saturated heterocycles. The van der Waals surface area contributed by atoms with Gasteiger partial charge in [0, 0.05) is 25.8 Å². The largest absolute Gasteiger partial charge is 0.483 e. The fourth-order valence-electron chi connectivity index (χ4n) is 2.04. The van der Waals surface area contributed by atoms with Crippen LogP contribution in [0.25, 0.3) is 0 Å². The predicted octanol–water partition coefficient (Wildman–Crippen LogP) is 1.58. The van der Waals surface area contributed by atoms with Gasteiger partial charge in [-0.1, -0.05) is 6.07 Å². The van der Waals surface area contributed by atoms with E-state index in [0.29, 0.717) is 25.5 Å². The lowest BCUT2D eigenvalue weighted by Crippen LogP contribution is -2.41. The van der Waals surface area contributed by atoms with Crippen LogP contribution in [-0.4, -0.2) is 31.8 Å². The van der Waals surface area contributed by atoms with Gasteiger partial charge in [0.25, 0.3) is 5.91 Å². The van der Waals surface area contributed by atoms with Crippen LogP contribution < -0.4 is 15.8 Å². The van der Waals surface area contributed by atoms with E-state index in [2.05, 4.69) is 21.2 Å². The third-order valence-electron chi connectivity index (χ3n) is 3.18. The number of carbonyl (C=O) groups excluding carboxylic acids is 1. The summed E-state index contributed by atoms with van der Waals surface area (Å²) in [6, 6.07) is 5.79. The number of amides is 1. The van der Waals surface area contributed by atoms with Crippen LogP contribution in [0.5, 0.6) is 5.75 Å². The van der Waals surface area contributed by atoms with E-state index in [-0.39, 0.29) is 18.6 Å². The first-order chi connectivity index (χ1) is 9.69. The molecular formula is C14H19BrN2O3. The fraction of sp³-hybridized carbons (Fsp3) is 0.500. The lowest BCUT2D eigenvalue weighted by molar-refractivity contribution is -0.124. The quantitative estimate of drug-likeness (QED) is 0.851. The Labute approximate surface area is 126 Å². The molecule has 0 aromatic heterocycles. The normalized spacial score (nSPS) is 15.9. The van der Waals surface area contributed by atoms with Crippen LogP contribution in [0.15, 0.2) is 22.7 Å². The number of carbonyl (C=O) groups is 1. The van der Waals surface area contributed by atoms with Gasteiger partial charge in [-0.3, -0.25) is 4.79 Å². The number of hydrogen-bond acceptors (Lipinski definition) is 4. The molecule has 1 aliphatic heterocycles. The van der Waals surface area contributed by atoms with Crippen molar-refractivity contribution in [3.05, 3.63) is 28.2 Å². The second kappa shape index (κ2) is 7.61. The highest BCUT2D eigenvalue weighted by Crippen LogP contribution is 2.25. The predicted molar refractivity (Wildman–Crippen MR) is 79.5 cm³/mol. The molecule has 0 radical (unpaired) electrons. The van der Waals surface area contributed by atoms with Crippen molar-refractivity contribution >= 4 is 21.8 Å². The van der Waals surface area contributed by atoms with Gasteiger partial charge in [0.15, 0.2) is 6.61 Å². The number of benzene rings is 1. The Kier molecular flexibility index (Phi) is 5.82. The van der Waals surface area contributed by atoms with E-state index in [1.165, 1.54) is 0 Å². The zero-order valence-electron chi connectivity index (χ0n) is 11.2. The van der Waals surface area contributed by atoms with Crippen molar-refractivity contribution in [1.82, 2.24) is 5.32 Å². The van der Waals surface area contributed by atoms with Gasteiger partial charge >= 0.3 is 0 Å². The van der Waals surface area contributed by atoms with E-state index in [1.54, 1.807) is 0 Å². The molecule has 3 N–H and O–H groups in total. The second-order valence-corrected chi connectivity index (χ2v) is 5.57. The smallest absolute Gasteiger partial charge is 0.258 e. The first-order valence-electron chi connectivity index (χ1n) is 6.67. The van der Waals surface area contributed by atoms with Gasteiger partial charge in [0.2, 0.25) is 0 Å². The first-order valence-corrected chi connectivity index (χ1v) is 7.46. The zero-order chi connectivity index (χ0) is 14.4. The van der Waals surface area contributed by atoms with Crippen molar-refractivity contribution in [1.29, 1.82) is 0 Å². The molecule has 0 saturated carbocycles. The van der Waals surface area contributed by atoms with E-state index >= 15 is 0 Å². The Morgan fingerprint density at radius 1 is 1.45 bits per heavy atom. The molecule has 0 bridgehead atoms. The number of nitrogens with one attached hydrogen (secondary N) is 1. The lowest BCUT2D eigenvalue weighted by Gasteiger charge is -2.23. The molecular weight excluding hydrogens is 324 g/mol.